The van der Waals surface area contributed by atoms with E-state index in [1.807, 2.05) is 13.0 Å². The number of aromatic nitrogens is 5. The SMILES string of the molecule is Cc1ccc(-c2nnc(NS(=O)(=O)[C@H](C)Cc3ncc(F)cn3)n2C2CCOCC2)o1. The molecular weight excluding hydrogens is 427 g/mol. The van der Waals surface area contributed by atoms with E-state index in [2.05, 4.69) is 24.9 Å². The number of furan rings is 1. The Hall–Kier alpha value is -2.86. The van der Waals surface area contributed by atoms with E-state index in [0.29, 0.717) is 43.4 Å². The summed E-state index contributed by atoms with van der Waals surface area (Å²) >= 11 is 0. The molecule has 1 atom stereocenters. The van der Waals surface area contributed by atoms with Crippen molar-refractivity contribution in [2.75, 3.05) is 17.9 Å². The average Bonchev–Trinajstić information content (AvgIpc) is 3.36. The van der Waals surface area contributed by atoms with Crippen molar-refractivity contribution >= 4 is 16.0 Å². The Bertz CT molecular complexity index is 1140. The molecule has 12 heteroatoms. The van der Waals surface area contributed by atoms with Crippen molar-refractivity contribution in [3.05, 3.63) is 41.9 Å². The number of halogens is 1. The lowest BCUT2D eigenvalue weighted by atomic mass is 10.1. The van der Waals surface area contributed by atoms with Crippen LogP contribution in [0, 0.1) is 12.7 Å². The minimum atomic E-state index is -3.86. The number of hydrogen-bond acceptors (Lipinski definition) is 8. The number of ether oxygens (including phenoxy) is 1. The van der Waals surface area contributed by atoms with Crippen LogP contribution in [-0.4, -0.2) is 51.6 Å². The summed E-state index contributed by atoms with van der Waals surface area (Å²) < 4.78 is 54.5. The Morgan fingerprint density at radius 2 is 1.94 bits per heavy atom. The number of hydrogen-bond donors (Lipinski definition) is 1. The molecule has 1 saturated heterocycles. The highest BCUT2D eigenvalue weighted by Gasteiger charge is 2.30. The standard InChI is InChI=1S/C19H23FN6O4S/c1-12-3-4-16(30-12)18-23-24-19(26(18)15-5-7-29-8-6-15)25-31(27,28)13(2)9-17-21-10-14(20)11-22-17/h3-4,10-11,13,15H,5-9H2,1-2H3,(H,24,25)/t13-/m1/s1. The number of anilines is 1. The van der Waals surface area contributed by atoms with Crippen molar-refractivity contribution in [2.24, 2.45) is 0 Å². The molecule has 1 N–H and O–H groups in total. The molecule has 4 heterocycles. The van der Waals surface area contributed by atoms with Crippen molar-refractivity contribution in [1.29, 1.82) is 0 Å². The predicted molar refractivity (Wildman–Crippen MR) is 109 cm³/mol. The Kier molecular flexibility index (Phi) is 6.01. The van der Waals surface area contributed by atoms with Gasteiger partial charge < -0.3 is 9.15 Å². The third-order valence-electron chi connectivity index (χ3n) is 5.12. The zero-order valence-electron chi connectivity index (χ0n) is 17.2. The minimum absolute atomic E-state index is 0.0191. The van der Waals surface area contributed by atoms with Gasteiger partial charge in [0.1, 0.15) is 11.6 Å². The number of nitrogens with zero attached hydrogens (tertiary/aromatic N) is 5. The summed E-state index contributed by atoms with van der Waals surface area (Å²) in [6.45, 7) is 4.47. The first-order valence-corrected chi connectivity index (χ1v) is 11.5. The van der Waals surface area contributed by atoms with E-state index in [4.69, 9.17) is 9.15 Å². The van der Waals surface area contributed by atoms with Crippen LogP contribution in [0.5, 0.6) is 0 Å². The molecule has 4 rings (SSSR count). The van der Waals surface area contributed by atoms with Crippen molar-refractivity contribution < 1.29 is 22.0 Å². The van der Waals surface area contributed by atoms with Gasteiger partial charge in [0, 0.05) is 25.7 Å². The third-order valence-corrected chi connectivity index (χ3v) is 6.81. The molecule has 1 fully saturated rings. The molecule has 0 amide bonds. The second-order valence-corrected chi connectivity index (χ2v) is 9.55. The van der Waals surface area contributed by atoms with Crippen molar-refractivity contribution in [3.63, 3.8) is 0 Å². The quantitative estimate of drug-likeness (QED) is 0.582. The van der Waals surface area contributed by atoms with Gasteiger partial charge in [0.25, 0.3) is 0 Å². The van der Waals surface area contributed by atoms with Crippen LogP contribution in [0.3, 0.4) is 0 Å². The average molecular weight is 450 g/mol. The fraction of sp³-hybridized carbons (Fsp3) is 0.474. The molecule has 166 valence electrons. The fourth-order valence-electron chi connectivity index (χ4n) is 3.41. The Morgan fingerprint density at radius 1 is 1.23 bits per heavy atom. The molecule has 0 bridgehead atoms. The molecule has 31 heavy (non-hydrogen) atoms. The highest BCUT2D eigenvalue weighted by Crippen LogP contribution is 2.32. The summed E-state index contributed by atoms with van der Waals surface area (Å²) in [5.41, 5.74) is 0. The summed E-state index contributed by atoms with van der Waals surface area (Å²) in [7, 11) is -3.86. The molecule has 0 unspecified atom stereocenters. The first kappa shape index (κ1) is 21.4. The molecule has 0 aliphatic carbocycles. The summed E-state index contributed by atoms with van der Waals surface area (Å²) in [5.74, 6) is 1.44. The van der Waals surface area contributed by atoms with Crippen LogP contribution in [0.4, 0.5) is 10.3 Å². The number of nitrogens with one attached hydrogen (secondary N) is 1. The van der Waals surface area contributed by atoms with Crippen molar-refractivity contribution in [1.82, 2.24) is 24.7 Å². The molecule has 1 aliphatic heterocycles. The van der Waals surface area contributed by atoms with Gasteiger partial charge in [-0.15, -0.1) is 10.2 Å². The summed E-state index contributed by atoms with van der Waals surface area (Å²) in [6, 6.07) is 3.55. The van der Waals surface area contributed by atoms with Crippen LogP contribution in [0.15, 0.2) is 28.9 Å². The van der Waals surface area contributed by atoms with E-state index in [-0.39, 0.29) is 24.2 Å². The van der Waals surface area contributed by atoms with Gasteiger partial charge in [0.15, 0.2) is 11.6 Å². The Balaban J connectivity index is 1.62. The third kappa shape index (κ3) is 4.74. The summed E-state index contributed by atoms with van der Waals surface area (Å²) in [6.07, 6.45) is 3.42. The van der Waals surface area contributed by atoms with Crippen LogP contribution in [0.25, 0.3) is 11.6 Å². The van der Waals surface area contributed by atoms with Gasteiger partial charge in [-0.1, -0.05) is 0 Å². The van der Waals surface area contributed by atoms with E-state index in [9.17, 15) is 12.8 Å². The monoisotopic (exact) mass is 450 g/mol. The van der Waals surface area contributed by atoms with Gasteiger partial charge in [-0.2, -0.15) is 0 Å². The second-order valence-electron chi connectivity index (χ2n) is 7.45. The van der Waals surface area contributed by atoms with Crippen LogP contribution in [0.2, 0.25) is 0 Å². The first-order chi connectivity index (χ1) is 14.8. The molecule has 0 saturated carbocycles. The molecule has 3 aromatic rings. The lowest BCUT2D eigenvalue weighted by molar-refractivity contribution is 0.0703. The van der Waals surface area contributed by atoms with Crippen LogP contribution in [0.1, 0.15) is 37.4 Å². The zero-order valence-corrected chi connectivity index (χ0v) is 18.0. The van der Waals surface area contributed by atoms with Gasteiger partial charge in [0.05, 0.1) is 17.6 Å². The summed E-state index contributed by atoms with van der Waals surface area (Å²) in [4.78, 5) is 7.68. The van der Waals surface area contributed by atoms with Crippen LogP contribution in [-0.2, 0) is 21.2 Å². The van der Waals surface area contributed by atoms with Gasteiger partial charge in [-0.05, 0) is 38.8 Å². The smallest absolute Gasteiger partial charge is 0.238 e. The lowest BCUT2D eigenvalue weighted by Crippen LogP contribution is -2.30. The van der Waals surface area contributed by atoms with Crippen LogP contribution >= 0.6 is 0 Å². The Morgan fingerprint density at radius 3 is 2.58 bits per heavy atom. The van der Waals surface area contributed by atoms with Crippen molar-refractivity contribution in [3.8, 4) is 11.6 Å². The number of rotatable bonds is 7. The predicted octanol–water partition coefficient (Wildman–Crippen LogP) is 2.50. The molecule has 0 spiro atoms. The second kappa shape index (κ2) is 8.71. The molecule has 0 aromatic carbocycles. The van der Waals surface area contributed by atoms with Crippen LogP contribution < -0.4 is 4.72 Å². The first-order valence-electron chi connectivity index (χ1n) is 9.91. The maximum absolute atomic E-state index is 13.0. The highest BCUT2D eigenvalue weighted by atomic mass is 32.2. The molecule has 1 aliphatic rings. The van der Waals surface area contributed by atoms with E-state index in [1.165, 1.54) is 6.92 Å². The van der Waals surface area contributed by atoms with E-state index in [1.54, 1.807) is 10.6 Å². The molecular formula is C19H23FN6O4S. The zero-order chi connectivity index (χ0) is 22.0. The lowest BCUT2D eigenvalue weighted by Gasteiger charge is -2.26. The number of sulfonamides is 1. The normalized spacial score (nSPS) is 16.4. The largest absolute Gasteiger partial charge is 0.458 e. The molecule has 10 nitrogen and oxygen atoms in total. The topological polar surface area (TPSA) is 125 Å². The minimum Gasteiger partial charge on any atom is -0.458 e. The van der Waals surface area contributed by atoms with Crippen molar-refractivity contribution in [2.45, 2.75) is 44.4 Å². The van der Waals surface area contributed by atoms with E-state index < -0.39 is 21.1 Å². The maximum atomic E-state index is 13.0. The molecule has 0 radical (unpaired) electrons. The van der Waals surface area contributed by atoms with Gasteiger partial charge in [-0.3, -0.25) is 9.29 Å². The van der Waals surface area contributed by atoms with Gasteiger partial charge in [-0.25, -0.2) is 22.8 Å². The van der Waals surface area contributed by atoms with E-state index >= 15 is 0 Å². The summed E-state index contributed by atoms with van der Waals surface area (Å²) in [5, 5.41) is 7.42. The molecule has 3 aromatic heterocycles. The van der Waals surface area contributed by atoms with Gasteiger partial charge >= 0.3 is 0 Å². The fourth-order valence-corrected chi connectivity index (χ4v) is 4.38. The number of aryl methyl sites for hydroxylation is 1. The maximum Gasteiger partial charge on any atom is 0.238 e. The van der Waals surface area contributed by atoms with Gasteiger partial charge in [0.2, 0.25) is 21.8 Å². The highest BCUT2D eigenvalue weighted by molar-refractivity contribution is 7.93. The Labute approximate surface area is 178 Å². The van der Waals surface area contributed by atoms with E-state index in [0.717, 1.165) is 12.4 Å².